The Bertz CT molecular complexity index is 1180. The predicted octanol–water partition coefficient (Wildman–Crippen LogP) is 2.75. The van der Waals surface area contributed by atoms with Gasteiger partial charge in [-0.15, -0.1) is 10.2 Å². The third-order valence-electron chi connectivity index (χ3n) is 5.32. The molecule has 0 atom stereocenters. The Labute approximate surface area is 181 Å². The zero-order valence-corrected chi connectivity index (χ0v) is 18.3. The zero-order valence-electron chi connectivity index (χ0n) is 17.5. The number of sulfonamides is 1. The average Bonchev–Trinajstić information content (AvgIpc) is 3.23. The highest BCUT2D eigenvalue weighted by Gasteiger charge is 2.29. The molecule has 1 saturated heterocycles. The number of benzene rings is 2. The number of Topliss-reactive ketones (excluding diaryl/α,β-unsaturated/α-hetero) is 1. The lowest BCUT2D eigenvalue weighted by molar-refractivity contribution is 0.101. The minimum absolute atomic E-state index is 0.0934. The van der Waals surface area contributed by atoms with Gasteiger partial charge in [0.1, 0.15) is 0 Å². The molecule has 4 rings (SSSR count). The number of aryl methyl sites for hydroxylation is 1. The minimum Gasteiger partial charge on any atom is -0.419 e. The standard InChI is InChI=1S/C22H24N4O4S/c1-16-4-3-5-19(14-16)22-24-23-21(30-22)15-25-10-12-26(13-11-25)31(28,29)20-8-6-18(7-9-20)17(2)27/h3-9,14H,10-13,15H2,1-2H3. The van der Waals surface area contributed by atoms with Gasteiger partial charge < -0.3 is 4.42 Å². The largest absolute Gasteiger partial charge is 0.419 e. The maximum atomic E-state index is 12.9. The van der Waals surface area contributed by atoms with Gasteiger partial charge in [0.2, 0.25) is 21.8 Å². The quantitative estimate of drug-likeness (QED) is 0.544. The van der Waals surface area contributed by atoms with E-state index in [2.05, 4.69) is 15.1 Å². The van der Waals surface area contributed by atoms with E-state index in [1.165, 1.54) is 23.4 Å². The Morgan fingerprint density at radius 2 is 1.74 bits per heavy atom. The minimum atomic E-state index is -3.59. The van der Waals surface area contributed by atoms with Crippen LogP contribution in [-0.2, 0) is 16.6 Å². The van der Waals surface area contributed by atoms with Gasteiger partial charge >= 0.3 is 0 Å². The van der Waals surface area contributed by atoms with Gasteiger partial charge in [0.15, 0.2) is 5.78 Å². The monoisotopic (exact) mass is 440 g/mol. The van der Waals surface area contributed by atoms with Crippen molar-refractivity contribution in [3.63, 3.8) is 0 Å². The van der Waals surface area contributed by atoms with E-state index in [9.17, 15) is 13.2 Å². The van der Waals surface area contributed by atoms with Crippen LogP contribution in [0.2, 0.25) is 0 Å². The topological polar surface area (TPSA) is 96.6 Å². The van der Waals surface area contributed by atoms with E-state index in [0.29, 0.717) is 50.1 Å². The molecule has 0 radical (unpaired) electrons. The number of ketones is 1. The maximum Gasteiger partial charge on any atom is 0.247 e. The van der Waals surface area contributed by atoms with Gasteiger partial charge in [-0.25, -0.2) is 8.42 Å². The van der Waals surface area contributed by atoms with Crippen molar-refractivity contribution >= 4 is 15.8 Å². The number of carbonyl (C=O) groups excluding carboxylic acids is 1. The van der Waals surface area contributed by atoms with Crippen LogP contribution in [-0.4, -0.2) is 59.8 Å². The number of carbonyl (C=O) groups is 1. The van der Waals surface area contributed by atoms with Gasteiger partial charge in [-0.1, -0.05) is 29.8 Å². The van der Waals surface area contributed by atoms with Crippen molar-refractivity contribution in [1.82, 2.24) is 19.4 Å². The van der Waals surface area contributed by atoms with Crippen molar-refractivity contribution in [3.05, 3.63) is 65.5 Å². The molecular formula is C22H24N4O4S. The summed E-state index contributed by atoms with van der Waals surface area (Å²) in [6.07, 6.45) is 0. The molecule has 0 unspecified atom stereocenters. The second-order valence-electron chi connectivity index (χ2n) is 7.63. The fourth-order valence-electron chi connectivity index (χ4n) is 3.54. The number of hydrogen-bond acceptors (Lipinski definition) is 7. The molecule has 0 saturated carbocycles. The molecule has 0 spiro atoms. The number of piperazine rings is 1. The van der Waals surface area contributed by atoms with Crippen molar-refractivity contribution in [1.29, 1.82) is 0 Å². The molecule has 1 aliphatic rings. The number of aromatic nitrogens is 2. The van der Waals surface area contributed by atoms with E-state index in [-0.39, 0.29) is 10.7 Å². The molecule has 162 valence electrons. The van der Waals surface area contributed by atoms with Crippen LogP contribution in [0, 0.1) is 6.92 Å². The van der Waals surface area contributed by atoms with Crippen LogP contribution in [0.25, 0.3) is 11.5 Å². The average molecular weight is 441 g/mol. The van der Waals surface area contributed by atoms with Gasteiger partial charge in [0.25, 0.3) is 0 Å². The third kappa shape index (κ3) is 4.73. The Balaban J connectivity index is 1.37. The molecular weight excluding hydrogens is 416 g/mol. The highest BCUT2D eigenvalue weighted by molar-refractivity contribution is 7.89. The summed E-state index contributed by atoms with van der Waals surface area (Å²) in [6, 6.07) is 13.9. The molecule has 9 heteroatoms. The van der Waals surface area contributed by atoms with Crippen LogP contribution in [0.4, 0.5) is 0 Å². The van der Waals surface area contributed by atoms with Crippen molar-refractivity contribution in [3.8, 4) is 11.5 Å². The van der Waals surface area contributed by atoms with Crippen LogP contribution in [0.3, 0.4) is 0 Å². The summed E-state index contributed by atoms with van der Waals surface area (Å²) < 4.78 is 33.1. The summed E-state index contributed by atoms with van der Waals surface area (Å²) in [5.74, 6) is 0.894. The van der Waals surface area contributed by atoms with Gasteiger partial charge in [-0.2, -0.15) is 4.31 Å². The van der Waals surface area contributed by atoms with E-state index >= 15 is 0 Å². The fraction of sp³-hybridized carbons (Fsp3) is 0.318. The Morgan fingerprint density at radius 1 is 1.03 bits per heavy atom. The first-order valence-electron chi connectivity index (χ1n) is 10.1. The molecule has 1 fully saturated rings. The van der Waals surface area contributed by atoms with E-state index in [1.807, 2.05) is 31.2 Å². The molecule has 3 aromatic rings. The molecule has 1 aliphatic heterocycles. The fourth-order valence-corrected chi connectivity index (χ4v) is 4.96. The van der Waals surface area contributed by atoms with Crippen LogP contribution >= 0.6 is 0 Å². The summed E-state index contributed by atoms with van der Waals surface area (Å²) in [5.41, 5.74) is 2.49. The Hall–Kier alpha value is -2.88. The van der Waals surface area contributed by atoms with Crippen molar-refractivity contribution in [2.75, 3.05) is 26.2 Å². The lowest BCUT2D eigenvalue weighted by Crippen LogP contribution is -2.48. The van der Waals surface area contributed by atoms with Gasteiger partial charge in [0.05, 0.1) is 11.4 Å². The van der Waals surface area contributed by atoms with Crippen LogP contribution < -0.4 is 0 Å². The molecule has 0 amide bonds. The van der Waals surface area contributed by atoms with Crippen molar-refractivity contribution in [2.24, 2.45) is 0 Å². The maximum absolute atomic E-state index is 12.9. The number of hydrogen-bond donors (Lipinski definition) is 0. The van der Waals surface area contributed by atoms with E-state index < -0.39 is 10.0 Å². The first kappa shape index (κ1) is 21.4. The third-order valence-corrected chi connectivity index (χ3v) is 7.23. The second-order valence-corrected chi connectivity index (χ2v) is 9.57. The van der Waals surface area contributed by atoms with Crippen LogP contribution in [0.5, 0.6) is 0 Å². The molecule has 2 heterocycles. The first-order chi connectivity index (χ1) is 14.8. The summed E-state index contributed by atoms with van der Waals surface area (Å²) in [6.45, 7) is 5.80. The predicted molar refractivity (Wildman–Crippen MR) is 115 cm³/mol. The molecule has 0 bridgehead atoms. The molecule has 8 nitrogen and oxygen atoms in total. The molecule has 0 N–H and O–H groups in total. The lowest BCUT2D eigenvalue weighted by atomic mass is 10.1. The smallest absolute Gasteiger partial charge is 0.247 e. The molecule has 1 aromatic heterocycles. The van der Waals surface area contributed by atoms with Crippen LogP contribution in [0.1, 0.15) is 28.7 Å². The Kier molecular flexibility index (Phi) is 5.99. The SMILES string of the molecule is CC(=O)c1ccc(S(=O)(=O)N2CCN(Cc3nnc(-c4cccc(C)c4)o3)CC2)cc1. The summed E-state index contributed by atoms with van der Waals surface area (Å²) >= 11 is 0. The number of rotatable bonds is 6. The summed E-state index contributed by atoms with van der Waals surface area (Å²) in [4.78, 5) is 13.7. The van der Waals surface area contributed by atoms with Crippen molar-refractivity contribution in [2.45, 2.75) is 25.3 Å². The number of nitrogens with zero attached hydrogens (tertiary/aromatic N) is 4. The normalized spacial score (nSPS) is 15.8. The Morgan fingerprint density at radius 3 is 2.39 bits per heavy atom. The highest BCUT2D eigenvalue weighted by atomic mass is 32.2. The molecule has 0 aliphatic carbocycles. The first-order valence-corrected chi connectivity index (χ1v) is 11.5. The lowest BCUT2D eigenvalue weighted by Gasteiger charge is -2.33. The molecule has 31 heavy (non-hydrogen) atoms. The van der Waals surface area contributed by atoms with E-state index in [4.69, 9.17) is 4.42 Å². The van der Waals surface area contributed by atoms with Crippen LogP contribution in [0.15, 0.2) is 57.8 Å². The summed E-state index contributed by atoms with van der Waals surface area (Å²) in [5, 5.41) is 8.27. The van der Waals surface area contributed by atoms with E-state index in [0.717, 1.165) is 11.1 Å². The van der Waals surface area contributed by atoms with E-state index in [1.54, 1.807) is 12.1 Å². The summed E-state index contributed by atoms with van der Waals surface area (Å²) in [7, 11) is -3.59. The highest BCUT2D eigenvalue weighted by Crippen LogP contribution is 2.21. The van der Waals surface area contributed by atoms with Gasteiger partial charge in [0, 0.05) is 37.3 Å². The van der Waals surface area contributed by atoms with Gasteiger partial charge in [-0.3, -0.25) is 9.69 Å². The van der Waals surface area contributed by atoms with Gasteiger partial charge in [-0.05, 0) is 38.1 Å². The molecule has 2 aromatic carbocycles. The zero-order chi connectivity index (χ0) is 22.0. The second kappa shape index (κ2) is 8.70. The van der Waals surface area contributed by atoms with Crippen molar-refractivity contribution < 1.29 is 17.6 Å².